The zero-order valence-corrected chi connectivity index (χ0v) is 53.3. The average Bonchev–Trinajstić information content (AvgIpc) is 2.17. The summed E-state index contributed by atoms with van der Waals surface area (Å²) < 4.78 is 0. The third-order valence-corrected chi connectivity index (χ3v) is 23.4. The molecular formula is C78H92BN3. The molecule has 0 saturated heterocycles. The molecule has 0 spiro atoms. The molecule has 1 saturated carbocycles. The number of aryl methyl sites for hydroxylation is 1. The van der Waals surface area contributed by atoms with Gasteiger partial charge < -0.3 is 14.7 Å². The van der Waals surface area contributed by atoms with Gasteiger partial charge in [-0.3, -0.25) is 0 Å². The van der Waals surface area contributed by atoms with Crippen LogP contribution in [0.1, 0.15) is 226 Å². The topological polar surface area (TPSA) is 9.72 Å². The molecule has 2 atom stereocenters. The smallest absolute Gasteiger partial charge is 0.252 e. The predicted octanol–water partition coefficient (Wildman–Crippen LogP) is 19.4. The van der Waals surface area contributed by atoms with Gasteiger partial charge in [0.15, 0.2) is 0 Å². The van der Waals surface area contributed by atoms with E-state index >= 15 is 0 Å². The van der Waals surface area contributed by atoms with E-state index in [0.717, 1.165) is 12.8 Å². The Kier molecular flexibility index (Phi) is 11.3. The number of hydrogen-bond acceptors (Lipinski definition) is 3. The third kappa shape index (κ3) is 7.46. The summed E-state index contributed by atoms with van der Waals surface area (Å²) >= 11 is 0. The van der Waals surface area contributed by atoms with E-state index in [1.165, 1.54) is 168 Å². The van der Waals surface area contributed by atoms with Gasteiger partial charge in [-0.2, -0.15) is 0 Å². The second-order valence-corrected chi connectivity index (χ2v) is 32.6. The zero-order chi connectivity index (χ0) is 58.0. The normalized spacial score (nSPS) is 24.1. The van der Waals surface area contributed by atoms with Crippen LogP contribution in [0.5, 0.6) is 0 Å². The van der Waals surface area contributed by atoms with Gasteiger partial charge in [-0.15, -0.1) is 0 Å². The van der Waals surface area contributed by atoms with Crippen molar-refractivity contribution >= 4 is 68.6 Å². The maximum Gasteiger partial charge on any atom is 0.252 e. The molecule has 422 valence electrons. The molecule has 14 rings (SSSR count). The molecule has 7 aromatic carbocycles. The largest absolute Gasteiger partial charge is 0.334 e. The number of anilines is 8. The molecule has 4 aliphatic carbocycles. The number of benzene rings is 7. The van der Waals surface area contributed by atoms with Gasteiger partial charge in [-0.25, -0.2) is 0 Å². The highest BCUT2D eigenvalue weighted by molar-refractivity contribution is 7.00. The predicted molar refractivity (Wildman–Crippen MR) is 353 cm³/mol. The molecule has 4 heteroatoms. The third-order valence-electron chi connectivity index (χ3n) is 23.4. The van der Waals surface area contributed by atoms with Gasteiger partial charge in [-0.1, -0.05) is 196 Å². The molecule has 7 aliphatic rings. The van der Waals surface area contributed by atoms with Crippen molar-refractivity contribution in [1.82, 2.24) is 0 Å². The second kappa shape index (κ2) is 17.1. The molecule has 1 fully saturated rings. The van der Waals surface area contributed by atoms with Crippen molar-refractivity contribution in [3.8, 4) is 11.1 Å². The molecule has 3 nitrogen and oxygen atoms in total. The Morgan fingerprint density at radius 2 is 0.878 bits per heavy atom. The molecule has 0 bridgehead atoms. The van der Waals surface area contributed by atoms with Crippen LogP contribution in [-0.2, 0) is 43.3 Å². The fourth-order valence-electron chi connectivity index (χ4n) is 18.2. The summed E-state index contributed by atoms with van der Waals surface area (Å²) in [4.78, 5) is 8.51. The maximum atomic E-state index is 2.87. The summed E-state index contributed by atoms with van der Waals surface area (Å²) in [6, 6.07) is 50.1. The molecule has 3 heterocycles. The highest BCUT2D eigenvalue weighted by Crippen LogP contribution is 2.63. The summed E-state index contributed by atoms with van der Waals surface area (Å²) in [6.07, 6.45) is 10.6. The maximum absolute atomic E-state index is 2.87. The molecule has 0 amide bonds. The van der Waals surface area contributed by atoms with Crippen LogP contribution in [0.15, 0.2) is 121 Å². The number of nitrogens with zero attached hydrogens (tertiary/aromatic N) is 3. The van der Waals surface area contributed by atoms with Crippen LogP contribution in [-0.4, -0.2) is 12.3 Å². The van der Waals surface area contributed by atoms with Gasteiger partial charge >= 0.3 is 0 Å². The first kappa shape index (κ1) is 54.0. The summed E-state index contributed by atoms with van der Waals surface area (Å²) in [5.41, 5.74) is 30.6. The van der Waals surface area contributed by atoms with E-state index in [-0.39, 0.29) is 55.6 Å². The number of fused-ring (bicyclic) bond motifs is 10. The summed E-state index contributed by atoms with van der Waals surface area (Å²) in [5, 5.41) is 0. The Morgan fingerprint density at radius 1 is 0.402 bits per heavy atom. The molecular weight excluding hydrogens is 990 g/mol. The van der Waals surface area contributed by atoms with E-state index < -0.39 is 0 Å². The Morgan fingerprint density at radius 3 is 1.45 bits per heavy atom. The quantitative estimate of drug-likeness (QED) is 0.163. The van der Waals surface area contributed by atoms with Crippen molar-refractivity contribution < 1.29 is 0 Å². The van der Waals surface area contributed by atoms with Crippen LogP contribution in [0.2, 0.25) is 0 Å². The van der Waals surface area contributed by atoms with E-state index in [2.05, 4.69) is 261 Å². The van der Waals surface area contributed by atoms with E-state index in [1.807, 2.05) is 0 Å². The second-order valence-electron chi connectivity index (χ2n) is 32.6. The lowest BCUT2D eigenvalue weighted by Gasteiger charge is -2.51. The minimum absolute atomic E-state index is 0.00662. The Bertz CT molecular complexity index is 3860. The lowest BCUT2D eigenvalue weighted by molar-refractivity contribution is 0.195. The van der Waals surface area contributed by atoms with E-state index in [1.54, 1.807) is 0 Å². The number of rotatable bonds is 4. The van der Waals surface area contributed by atoms with E-state index in [9.17, 15) is 0 Å². The SMILES string of the molecule is Cc1cc2c(cc1N1c3cc4c(cc3B3c5cc6c(cc5N(c5ccc(C(C)(C)C)cc5-c5ccccc5)c5cc(N7c8ccccc8C8(C)CCCCC78C)cc1c53)C(C)(C)CC6(C)C)C(C)(C)CCC4(C)C)C(C)(C)CCC2(C)C. The van der Waals surface area contributed by atoms with E-state index in [4.69, 9.17) is 0 Å². The molecule has 0 aromatic heterocycles. The number of para-hydroxylation sites is 1. The fraction of sp³-hybridized carbons (Fsp3) is 0.462. The first-order chi connectivity index (χ1) is 38.4. The van der Waals surface area contributed by atoms with Gasteiger partial charge in [-0.05, 0) is 217 Å². The highest BCUT2D eigenvalue weighted by Gasteiger charge is 2.59. The van der Waals surface area contributed by atoms with Crippen LogP contribution in [0.25, 0.3) is 11.1 Å². The first-order valence-electron chi connectivity index (χ1n) is 31.8. The van der Waals surface area contributed by atoms with Gasteiger partial charge in [0.1, 0.15) is 0 Å². The monoisotopic (exact) mass is 1080 g/mol. The summed E-state index contributed by atoms with van der Waals surface area (Å²) in [7, 11) is 0. The van der Waals surface area contributed by atoms with Gasteiger partial charge in [0.2, 0.25) is 0 Å². The van der Waals surface area contributed by atoms with Gasteiger partial charge in [0.05, 0.1) is 11.2 Å². The van der Waals surface area contributed by atoms with Crippen molar-refractivity contribution in [1.29, 1.82) is 0 Å². The molecule has 82 heavy (non-hydrogen) atoms. The lowest BCUT2D eigenvalue weighted by Crippen LogP contribution is -2.62. The highest BCUT2D eigenvalue weighted by atomic mass is 15.3. The minimum atomic E-state index is -0.143. The Labute approximate surface area is 494 Å². The zero-order valence-electron chi connectivity index (χ0n) is 53.3. The van der Waals surface area contributed by atoms with Crippen LogP contribution < -0.4 is 31.1 Å². The van der Waals surface area contributed by atoms with Crippen molar-refractivity contribution in [2.75, 3.05) is 14.7 Å². The van der Waals surface area contributed by atoms with Crippen LogP contribution in [0.4, 0.5) is 45.5 Å². The minimum Gasteiger partial charge on any atom is -0.334 e. The summed E-state index contributed by atoms with van der Waals surface area (Å²) in [5.74, 6) is 0. The lowest BCUT2D eigenvalue weighted by atomic mass is 9.33. The van der Waals surface area contributed by atoms with Gasteiger partial charge in [0, 0.05) is 50.8 Å². The standard InChI is InChI=1S/C78H92BN3/c1-48-38-54-57(73(9,10)36-34-71(54,5)6)44-64(48)81-66-45-58-55(72(7,8)35-37-74(58,11)12)42-60(66)79-61-43-56-59(76(15,16)47-75(56,13)14)46-65(61)80(62-31-30-50(70(2,3)4)39-52(62)49-26-20-19-21-27-49)67-40-51(41-68(81)69(67)79)82-63-29-23-22-28-53(63)77(17)32-24-25-33-78(77,82)18/h19-23,26-31,38-46H,24-25,32-37,47H2,1-18H3. The molecule has 0 N–H and O–H groups in total. The first-order valence-corrected chi connectivity index (χ1v) is 31.8. The summed E-state index contributed by atoms with van der Waals surface area (Å²) in [6.45, 7) is 45.0. The average molecular weight is 1080 g/mol. The van der Waals surface area contributed by atoms with Crippen LogP contribution in [0.3, 0.4) is 0 Å². The Balaban J connectivity index is 1.18. The van der Waals surface area contributed by atoms with Gasteiger partial charge in [0.25, 0.3) is 6.71 Å². The van der Waals surface area contributed by atoms with Crippen LogP contribution >= 0.6 is 0 Å². The fourth-order valence-corrected chi connectivity index (χ4v) is 18.2. The van der Waals surface area contributed by atoms with Crippen molar-refractivity contribution in [2.24, 2.45) is 0 Å². The van der Waals surface area contributed by atoms with Crippen molar-refractivity contribution in [3.63, 3.8) is 0 Å². The molecule has 3 aliphatic heterocycles. The molecule has 2 unspecified atom stereocenters. The Hall–Kier alpha value is -6.00. The molecule has 7 aromatic rings. The van der Waals surface area contributed by atoms with Crippen LogP contribution in [0, 0.1) is 6.92 Å². The van der Waals surface area contributed by atoms with Crippen molar-refractivity contribution in [2.45, 2.75) is 231 Å². The number of hydrogen-bond donors (Lipinski definition) is 0. The van der Waals surface area contributed by atoms with Crippen molar-refractivity contribution in [3.05, 3.63) is 171 Å². The van der Waals surface area contributed by atoms with E-state index in [0.29, 0.717) is 0 Å². The molecule has 0 radical (unpaired) electrons.